The number of aromatic nitrogens is 1. The highest BCUT2D eigenvalue weighted by atomic mass is 16.5. The summed E-state index contributed by atoms with van der Waals surface area (Å²) in [5.74, 6) is 0.466. The van der Waals surface area contributed by atoms with Crippen LogP contribution < -0.4 is 15.4 Å². The van der Waals surface area contributed by atoms with Crippen LogP contribution >= 0.6 is 0 Å². The Bertz CT molecular complexity index is 403. The summed E-state index contributed by atoms with van der Waals surface area (Å²) < 4.78 is 5.38. The van der Waals surface area contributed by atoms with Gasteiger partial charge in [-0.3, -0.25) is 4.79 Å². The fourth-order valence-electron chi connectivity index (χ4n) is 2.03. The van der Waals surface area contributed by atoms with Crippen LogP contribution in [-0.2, 0) is 4.79 Å². The number of carbonyl (C=O) groups excluding carboxylic acids is 1. The van der Waals surface area contributed by atoms with Gasteiger partial charge in [-0.15, -0.1) is 0 Å². The van der Waals surface area contributed by atoms with Gasteiger partial charge in [-0.2, -0.15) is 0 Å². The number of piperidine rings is 1. The Kier molecular flexibility index (Phi) is 4.52. The average molecular weight is 249 g/mol. The van der Waals surface area contributed by atoms with Crippen LogP contribution in [0.1, 0.15) is 26.2 Å². The van der Waals surface area contributed by atoms with E-state index in [2.05, 4.69) is 15.6 Å². The molecule has 1 amide bonds. The summed E-state index contributed by atoms with van der Waals surface area (Å²) >= 11 is 0. The number of anilines is 1. The van der Waals surface area contributed by atoms with Crippen molar-refractivity contribution >= 4 is 11.6 Å². The van der Waals surface area contributed by atoms with Crippen molar-refractivity contribution in [2.75, 3.05) is 18.5 Å². The van der Waals surface area contributed by atoms with Gasteiger partial charge in [0.05, 0.1) is 12.6 Å². The lowest BCUT2D eigenvalue weighted by atomic mass is 10.0. The van der Waals surface area contributed by atoms with E-state index in [0.717, 1.165) is 25.8 Å². The third-order valence-corrected chi connectivity index (χ3v) is 2.94. The van der Waals surface area contributed by atoms with Gasteiger partial charge in [0, 0.05) is 6.20 Å². The summed E-state index contributed by atoms with van der Waals surface area (Å²) in [6, 6.07) is 3.49. The lowest BCUT2D eigenvalue weighted by Gasteiger charge is -2.22. The first-order valence-electron chi connectivity index (χ1n) is 6.43. The van der Waals surface area contributed by atoms with Gasteiger partial charge in [0.2, 0.25) is 11.8 Å². The Morgan fingerprint density at radius 3 is 3.22 bits per heavy atom. The Labute approximate surface area is 107 Å². The van der Waals surface area contributed by atoms with E-state index < -0.39 is 0 Å². The molecule has 2 rings (SSSR count). The molecule has 0 bridgehead atoms. The number of hydrogen-bond acceptors (Lipinski definition) is 4. The standard InChI is InChI=1S/C13H19N3O2/c1-2-18-13-11(7-5-9-15-13)16-12(17)10-6-3-4-8-14-10/h5,7,9-10,14H,2-4,6,8H2,1H3,(H,16,17)/t10-/m1/s1. The smallest absolute Gasteiger partial charge is 0.241 e. The molecule has 1 aromatic heterocycles. The quantitative estimate of drug-likeness (QED) is 0.850. The molecule has 2 N–H and O–H groups in total. The van der Waals surface area contributed by atoms with Crippen LogP contribution in [0.25, 0.3) is 0 Å². The molecule has 1 fully saturated rings. The fraction of sp³-hybridized carbons (Fsp3) is 0.538. The number of nitrogens with zero attached hydrogens (tertiary/aromatic N) is 1. The van der Waals surface area contributed by atoms with Crippen LogP contribution in [-0.4, -0.2) is 30.1 Å². The van der Waals surface area contributed by atoms with E-state index in [1.54, 1.807) is 18.3 Å². The van der Waals surface area contributed by atoms with E-state index in [0.29, 0.717) is 18.2 Å². The Morgan fingerprint density at radius 2 is 2.50 bits per heavy atom. The van der Waals surface area contributed by atoms with Crippen molar-refractivity contribution in [3.05, 3.63) is 18.3 Å². The second-order valence-electron chi connectivity index (χ2n) is 4.28. The molecule has 0 saturated carbocycles. The second-order valence-corrected chi connectivity index (χ2v) is 4.28. The largest absolute Gasteiger partial charge is 0.476 e. The van der Waals surface area contributed by atoms with Crippen LogP contribution in [0.3, 0.4) is 0 Å². The minimum atomic E-state index is -0.103. The van der Waals surface area contributed by atoms with Gasteiger partial charge in [0.15, 0.2) is 0 Å². The van der Waals surface area contributed by atoms with Gasteiger partial charge in [-0.1, -0.05) is 6.42 Å². The molecular formula is C13H19N3O2. The highest BCUT2D eigenvalue weighted by molar-refractivity contribution is 5.95. The molecule has 98 valence electrons. The second kappa shape index (κ2) is 6.35. The highest BCUT2D eigenvalue weighted by Gasteiger charge is 2.21. The van der Waals surface area contributed by atoms with Crippen molar-refractivity contribution in [3.8, 4) is 5.88 Å². The van der Waals surface area contributed by atoms with Crippen molar-refractivity contribution in [1.82, 2.24) is 10.3 Å². The minimum absolute atomic E-state index is 0.0105. The zero-order chi connectivity index (χ0) is 12.8. The lowest BCUT2D eigenvalue weighted by molar-refractivity contribution is -0.118. The lowest BCUT2D eigenvalue weighted by Crippen LogP contribution is -2.43. The van der Waals surface area contributed by atoms with Crippen molar-refractivity contribution in [2.45, 2.75) is 32.2 Å². The van der Waals surface area contributed by atoms with Crippen LogP contribution in [0.4, 0.5) is 5.69 Å². The summed E-state index contributed by atoms with van der Waals surface area (Å²) in [5.41, 5.74) is 0.636. The number of rotatable bonds is 4. The highest BCUT2D eigenvalue weighted by Crippen LogP contribution is 2.21. The summed E-state index contributed by atoms with van der Waals surface area (Å²) in [4.78, 5) is 16.2. The molecule has 1 saturated heterocycles. The van der Waals surface area contributed by atoms with Crippen LogP contribution in [0, 0.1) is 0 Å². The Balaban J connectivity index is 2.01. The van der Waals surface area contributed by atoms with Gasteiger partial charge in [-0.05, 0) is 38.4 Å². The Morgan fingerprint density at radius 1 is 1.61 bits per heavy atom. The van der Waals surface area contributed by atoms with Gasteiger partial charge < -0.3 is 15.4 Å². The molecule has 1 atom stereocenters. The molecule has 0 aromatic carbocycles. The normalized spacial score (nSPS) is 19.3. The molecule has 1 aromatic rings. The van der Waals surface area contributed by atoms with E-state index >= 15 is 0 Å². The van der Waals surface area contributed by atoms with E-state index in [-0.39, 0.29) is 11.9 Å². The van der Waals surface area contributed by atoms with E-state index in [4.69, 9.17) is 4.74 Å². The molecule has 0 unspecified atom stereocenters. The molecule has 0 spiro atoms. The number of amides is 1. The molecule has 18 heavy (non-hydrogen) atoms. The van der Waals surface area contributed by atoms with Gasteiger partial charge in [0.1, 0.15) is 5.69 Å². The predicted molar refractivity (Wildman–Crippen MR) is 69.7 cm³/mol. The molecule has 1 aliphatic rings. The van der Waals surface area contributed by atoms with E-state index in [1.807, 2.05) is 6.92 Å². The molecule has 0 radical (unpaired) electrons. The minimum Gasteiger partial charge on any atom is -0.476 e. The molecule has 2 heterocycles. The van der Waals surface area contributed by atoms with Crippen LogP contribution in [0.2, 0.25) is 0 Å². The van der Waals surface area contributed by atoms with Gasteiger partial charge >= 0.3 is 0 Å². The molecule has 5 heteroatoms. The summed E-state index contributed by atoms with van der Waals surface area (Å²) in [6.07, 6.45) is 4.77. The summed E-state index contributed by atoms with van der Waals surface area (Å²) in [5, 5.41) is 6.09. The average Bonchev–Trinajstić information content (AvgIpc) is 2.42. The third kappa shape index (κ3) is 3.20. The fourth-order valence-corrected chi connectivity index (χ4v) is 2.03. The number of pyridine rings is 1. The van der Waals surface area contributed by atoms with Gasteiger partial charge in [0.25, 0.3) is 0 Å². The number of nitrogens with one attached hydrogen (secondary N) is 2. The summed E-state index contributed by atoms with van der Waals surface area (Å²) in [6.45, 7) is 3.33. The number of carbonyl (C=O) groups is 1. The Hall–Kier alpha value is -1.62. The zero-order valence-corrected chi connectivity index (χ0v) is 10.6. The van der Waals surface area contributed by atoms with Crippen molar-refractivity contribution < 1.29 is 9.53 Å². The molecule has 5 nitrogen and oxygen atoms in total. The molecular weight excluding hydrogens is 230 g/mol. The van der Waals surface area contributed by atoms with Crippen LogP contribution in [0.5, 0.6) is 5.88 Å². The molecule has 0 aliphatic carbocycles. The molecule has 1 aliphatic heterocycles. The number of ether oxygens (including phenoxy) is 1. The van der Waals surface area contributed by atoms with E-state index in [1.165, 1.54) is 0 Å². The predicted octanol–water partition coefficient (Wildman–Crippen LogP) is 1.56. The van der Waals surface area contributed by atoms with Crippen molar-refractivity contribution in [3.63, 3.8) is 0 Å². The third-order valence-electron chi connectivity index (χ3n) is 2.94. The first kappa shape index (κ1) is 12.8. The zero-order valence-electron chi connectivity index (χ0n) is 10.6. The first-order chi connectivity index (χ1) is 8.81. The monoisotopic (exact) mass is 249 g/mol. The summed E-state index contributed by atoms with van der Waals surface area (Å²) in [7, 11) is 0. The maximum Gasteiger partial charge on any atom is 0.241 e. The topological polar surface area (TPSA) is 63.2 Å². The van der Waals surface area contributed by atoms with E-state index in [9.17, 15) is 4.79 Å². The van der Waals surface area contributed by atoms with Crippen molar-refractivity contribution in [1.29, 1.82) is 0 Å². The van der Waals surface area contributed by atoms with Crippen molar-refractivity contribution in [2.24, 2.45) is 0 Å². The van der Waals surface area contributed by atoms with Gasteiger partial charge in [-0.25, -0.2) is 4.98 Å². The first-order valence-corrected chi connectivity index (χ1v) is 6.43. The number of hydrogen-bond donors (Lipinski definition) is 2. The van der Waals surface area contributed by atoms with Crippen LogP contribution in [0.15, 0.2) is 18.3 Å². The maximum atomic E-state index is 12.1. The SMILES string of the molecule is CCOc1ncccc1NC(=O)[C@H]1CCCCN1. The maximum absolute atomic E-state index is 12.1.